The van der Waals surface area contributed by atoms with Crippen LogP contribution in [0.5, 0.6) is 5.75 Å². The lowest BCUT2D eigenvalue weighted by Gasteiger charge is -3.07. The molecule has 0 unspecified atom stereocenters. The van der Waals surface area contributed by atoms with E-state index in [0.29, 0.717) is 5.75 Å². The minimum atomic E-state index is -0.741. The summed E-state index contributed by atoms with van der Waals surface area (Å²) in [6.45, 7) is 14.2. The predicted octanol–water partition coefficient (Wildman–Crippen LogP) is 5.89. The molecule has 0 spiro atoms. The van der Waals surface area contributed by atoms with Gasteiger partial charge in [-0.2, -0.15) is 0 Å². The van der Waals surface area contributed by atoms with Crippen LogP contribution in [-0.2, 0) is 10.8 Å². The summed E-state index contributed by atoms with van der Waals surface area (Å²) in [7, 11) is -0.741. The monoisotopic (exact) mass is 393 g/mol. The van der Waals surface area contributed by atoms with E-state index in [1.807, 2.05) is 6.21 Å². The number of rotatable bonds is 5. The van der Waals surface area contributed by atoms with E-state index in [2.05, 4.69) is 53.7 Å². The molecule has 3 aliphatic heterocycles. The van der Waals surface area contributed by atoms with Gasteiger partial charge in [0.05, 0.1) is 8.07 Å². The second kappa shape index (κ2) is 4.96. The Morgan fingerprint density at radius 1 is 0.929 bits per heavy atom. The Kier molecular flexibility index (Phi) is 3.14. The molecule has 3 aliphatic carbocycles. The van der Waals surface area contributed by atoms with Gasteiger partial charge in [-0.15, -0.1) is 0 Å². The Labute approximate surface area is 170 Å². The minimum absolute atomic E-state index is 0.0640. The van der Waals surface area contributed by atoms with Crippen LogP contribution in [0.15, 0.2) is 17.1 Å². The van der Waals surface area contributed by atoms with Crippen molar-refractivity contribution in [3.63, 3.8) is 0 Å². The van der Waals surface area contributed by atoms with Gasteiger partial charge in [-0.3, -0.25) is 4.99 Å². The molecule has 0 atom stereocenters. The Hall–Kier alpha value is -1.09. The molecule has 150 valence electrons. The number of benzene rings is 1. The van der Waals surface area contributed by atoms with Gasteiger partial charge in [0.15, 0.2) is 0 Å². The summed E-state index contributed by atoms with van der Waals surface area (Å²) in [5.74, 6) is 5.43. The summed E-state index contributed by atoms with van der Waals surface area (Å²) in [4.78, 5) is 4.77. The zero-order valence-corrected chi connectivity index (χ0v) is 19.3. The largest absolute Gasteiger partial charge is 0.507 e. The topological polar surface area (TPSA) is 32.6 Å². The molecule has 3 heteroatoms. The second-order valence-corrected chi connectivity index (χ2v) is 17.3. The van der Waals surface area contributed by atoms with Crippen molar-refractivity contribution in [3.05, 3.63) is 28.8 Å². The first-order valence-electron chi connectivity index (χ1n) is 11.5. The maximum atomic E-state index is 10.9. The molecule has 0 aromatic heterocycles. The SMILES string of the molecule is CC(C)(C)c1cc(C=NCCC[Si]23C4C5C6C4C2C6C53)c(O)c(C(C)(C)C)c1. The van der Waals surface area contributed by atoms with Gasteiger partial charge in [0.25, 0.3) is 0 Å². The van der Waals surface area contributed by atoms with Gasteiger partial charge in [0.2, 0.25) is 0 Å². The molecule has 7 rings (SSSR count). The molecule has 3 saturated carbocycles. The number of phenolic OH excluding ortho intramolecular Hbond substituents is 1. The minimum Gasteiger partial charge on any atom is -0.507 e. The van der Waals surface area contributed by atoms with Crippen LogP contribution in [-0.4, -0.2) is 25.9 Å². The molecule has 1 N–H and O–H groups in total. The number of aliphatic imine (C=N–C) groups is 1. The van der Waals surface area contributed by atoms with Crippen LogP contribution in [0.4, 0.5) is 0 Å². The fourth-order valence-corrected chi connectivity index (χ4v) is 17.6. The third-order valence-corrected chi connectivity index (χ3v) is 16.9. The van der Waals surface area contributed by atoms with Crippen LogP contribution in [0.1, 0.15) is 64.7 Å². The highest BCUT2D eigenvalue weighted by molar-refractivity contribution is 6.94. The molecule has 0 bridgehead atoms. The number of hydrogen-bond acceptors (Lipinski definition) is 2. The lowest BCUT2D eigenvalue weighted by molar-refractivity contribution is -0.293. The van der Waals surface area contributed by atoms with Gasteiger partial charge in [-0.1, -0.05) is 53.7 Å². The maximum absolute atomic E-state index is 10.9. The third kappa shape index (κ3) is 1.76. The zero-order chi connectivity index (χ0) is 19.8. The van der Waals surface area contributed by atoms with Gasteiger partial charge in [0, 0.05) is 23.9 Å². The quantitative estimate of drug-likeness (QED) is 0.378. The molecule has 0 amide bonds. The summed E-state index contributed by atoms with van der Waals surface area (Å²) in [5.41, 5.74) is 7.07. The first kappa shape index (κ1) is 17.7. The molecule has 0 radical (unpaired) electrons. The summed E-state index contributed by atoms with van der Waals surface area (Å²) < 4.78 is 0. The van der Waals surface area contributed by atoms with Gasteiger partial charge < -0.3 is 5.11 Å². The summed E-state index contributed by atoms with van der Waals surface area (Å²) in [6.07, 6.45) is 3.23. The van der Waals surface area contributed by atoms with E-state index >= 15 is 0 Å². The van der Waals surface area contributed by atoms with E-state index in [4.69, 9.17) is 4.99 Å². The van der Waals surface area contributed by atoms with Crippen molar-refractivity contribution in [3.8, 4) is 5.75 Å². The van der Waals surface area contributed by atoms with E-state index in [9.17, 15) is 5.11 Å². The molecular weight excluding hydrogens is 358 g/mol. The fraction of sp³-hybridized carbons (Fsp3) is 0.720. The van der Waals surface area contributed by atoms with Crippen LogP contribution >= 0.6 is 0 Å². The summed E-state index contributed by atoms with van der Waals surface area (Å²) in [6, 6.07) is 5.88. The number of phenols is 1. The molecule has 3 heterocycles. The molecule has 2 nitrogen and oxygen atoms in total. The first-order valence-corrected chi connectivity index (χ1v) is 13.9. The van der Waals surface area contributed by atoms with E-state index in [1.165, 1.54) is 52.3 Å². The highest BCUT2D eigenvalue weighted by atomic mass is 28.3. The van der Waals surface area contributed by atoms with Gasteiger partial charge in [0.1, 0.15) is 5.75 Å². The average Bonchev–Trinajstić information content (AvgIpc) is 2.61. The maximum Gasteiger partial charge on any atom is 0.128 e. The van der Waals surface area contributed by atoms with Crippen LogP contribution in [0.25, 0.3) is 0 Å². The van der Waals surface area contributed by atoms with Crippen molar-refractivity contribution in [2.24, 2.45) is 28.7 Å². The van der Waals surface area contributed by atoms with Crippen molar-refractivity contribution >= 4 is 14.3 Å². The molecule has 6 aliphatic rings. The molecule has 1 aromatic carbocycles. The highest BCUT2D eigenvalue weighted by Crippen LogP contribution is 3.09. The van der Waals surface area contributed by atoms with Crippen LogP contribution in [0.3, 0.4) is 0 Å². The van der Waals surface area contributed by atoms with Gasteiger partial charge >= 0.3 is 0 Å². The van der Waals surface area contributed by atoms with Gasteiger partial charge in [-0.05, 0) is 69.2 Å². The lowest BCUT2D eigenvalue weighted by atomic mass is 9.32. The molecule has 6 fully saturated rings. The third-order valence-electron chi connectivity index (χ3n) is 9.62. The number of nitrogens with zero attached hydrogens (tertiary/aromatic N) is 1. The molecular formula is C25H35NOSi. The normalized spacial score (nSPS) is 43.6. The lowest BCUT2D eigenvalue weighted by Crippen LogP contribution is -3.03. The Morgan fingerprint density at radius 2 is 1.54 bits per heavy atom. The Balaban J connectivity index is 1.14. The number of aromatic hydroxyl groups is 1. The van der Waals surface area contributed by atoms with E-state index in [1.54, 1.807) is 6.04 Å². The van der Waals surface area contributed by atoms with Crippen LogP contribution < -0.4 is 0 Å². The van der Waals surface area contributed by atoms with Crippen LogP contribution in [0.2, 0.25) is 22.7 Å². The average molecular weight is 394 g/mol. The Bertz CT molecular complexity index is 852. The van der Waals surface area contributed by atoms with Crippen molar-refractivity contribution in [1.82, 2.24) is 0 Å². The number of hydrogen-bond donors (Lipinski definition) is 1. The van der Waals surface area contributed by atoms with Crippen molar-refractivity contribution < 1.29 is 5.11 Å². The first-order chi connectivity index (χ1) is 13.1. The highest BCUT2D eigenvalue weighted by Gasteiger charge is 3.04. The standard InChI is InChI=1S/C25H35NOSi/c1-24(2,3)14-10-13(20(27)15(11-14)25(4,5)6)12-26-8-7-9-28-21-17-16-18(21)23(28)19(16)22(17)28/h10-12,16-19,21-23,27H,7-9H2,1-6H3. The van der Waals surface area contributed by atoms with E-state index < -0.39 is 8.07 Å². The van der Waals surface area contributed by atoms with Crippen LogP contribution in [0, 0.1) is 23.7 Å². The van der Waals surface area contributed by atoms with E-state index in [0.717, 1.165) is 17.7 Å². The summed E-state index contributed by atoms with van der Waals surface area (Å²) >= 11 is 0. The van der Waals surface area contributed by atoms with E-state index in [-0.39, 0.29) is 10.8 Å². The zero-order valence-electron chi connectivity index (χ0n) is 18.3. The Morgan fingerprint density at radius 3 is 2.07 bits per heavy atom. The summed E-state index contributed by atoms with van der Waals surface area (Å²) in [5, 5.41) is 10.9. The molecule has 1 aromatic rings. The smallest absolute Gasteiger partial charge is 0.128 e. The predicted molar refractivity (Wildman–Crippen MR) is 118 cm³/mol. The molecule has 28 heavy (non-hydrogen) atoms. The van der Waals surface area contributed by atoms with Crippen molar-refractivity contribution in [2.45, 2.75) is 81.5 Å². The van der Waals surface area contributed by atoms with Gasteiger partial charge in [-0.25, -0.2) is 0 Å². The second-order valence-electron chi connectivity index (χ2n) is 12.6. The van der Waals surface area contributed by atoms with Crippen molar-refractivity contribution in [1.29, 1.82) is 0 Å². The molecule has 3 saturated heterocycles. The van der Waals surface area contributed by atoms with Crippen molar-refractivity contribution in [2.75, 3.05) is 6.54 Å². The fourth-order valence-electron chi connectivity index (χ4n) is 8.57.